The van der Waals surface area contributed by atoms with Gasteiger partial charge in [-0.2, -0.15) is 0 Å². The summed E-state index contributed by atoms with van der Waals surface area (Å²) in [5, 5.41) is 14.2. The van der Waals surface area contributed by atoms with E-state index in [1.165, 1.54) is 16.2 Å². The number of anilines is 1. The Hall–Kier alpha value is -1.25. The smallest absolute Gasteiger partial charge is 0.255 e. The van der Waals surface area contributed by atoms with Gasteiger partial charge in [0.25, 0.3) is 6.43 Å². The molecule has 20 heavy (non-hydrogen) atoms. The summed E-state index contributed by atoms with van der Waals surface area (Å²) in [7, 11) is 0. The summed E-state index contributed by atoms with van der Waals surface area (Å²) in [6.07, 6.45) is -0.587. The Morgan fingerprint density at radius 1 is 1.55 bits per heavy atom. The Labute approximate surface area is 119 Å². The maximum absolute atomic E-state index is 12.7. The molecule has 0 saturated heterocycles. The first kappa shape index (κ1) is 15.1. The molecule has 0 aromatic carbocycles. The second-order valence-corrected chi connectivity index (χ2v) is 5.15. The third-order valence-corrected chi connectivity index (χ3v) is 3.67. The Morgan fingerprint density at radius 2 is 2.35 bits per heavy atom. The Morgan fingerprint density at radius 3 is 3.00 bits per heavy atom. The number of aliphatic hydroxyl groups is 1. The van der Waals surface area contributed by atoms with E-state index in [2.05, 4.69) is 10.3 Å². The van der Waals surface area contributed by atoms with Crippen LogP contribution in [0.3, 0.4) is 0 Å². The predicted molar refractivity (Wildman–Crippen MR) is 75.8 cm³/mol. The Kier molecular flexibility index (Phi) is 5.27. The van der Waals surface area contributed by atoms with Crippen LogP contribution in [-0.2, 0) is 6.54 Å². The first-order valence-electron chi connectivity index (χ1n) is 6.46. The van der Waals surface area contributed by atoms with E-state index in [9.17, 15) is 8.78 Å². The van der Waals surface area contributed by atoms with Gasteiger partial charge in [-0.1, -0.05) is 6.92 Å². The van der Waals surface area contributed by atoms with E-state index >= 15 is 0 Å². The predicted octanol–water partition coefficient (Wildman–Crippen LogP) is 1.57. The van der Waals surface area contributed by atoms with E-state index in [0.717, 1.165) is 17.2 Å². The van der Waals surface area contributed by atoms with Gasteiger partial charge in [-0.25, -0.2) is 13.8 Å². The number of hydrogen-bond acceptors (Lipinski definition) is 5. The zero-order valence-electron chi connectivity index (χ0n) is 11.2. The van der Waals surface area contributed by atoms with Gasteiger partial charge < -0.3 is 15.3 Å². The van der Waals surface area contributed by atoms with E-state index in [0.29, 0.717) is 12.4 Å². The van der Waals surface area contributed by atoms with Crippen molar-refractivity contribution >= 4 is 22.1 Å². The van der Waals surface area contributed by atoms with Crippen molar-refractivity contribution in [1.82, 2.24) is 14.7 Å². The average Bonchev–Trinajstić information content (AvgIpc) is 2.96. The van der Waals surface area contributed by atoms with Crippen LogP contribution >= 0.6 is 11.3 Å². The number of aliphatic hydroxyl groups excluding tert-OH is 1. The highest BCUT2D eigenvalue weighted by atomic mass is 32.1. The summed E-state index contributed by atoms with van der Waals surface area (Å²) < 4.78 is 27.3. The van der Waals surface area contributed by atoms with Gasteiger partial charge in [-0.05, 0) is 6.54 Å². The molecule has 2 aromatic rings. The molecule has 2 N–H and O–H groups in total. The molecule has 0 aliphatic carbocycles. The van der Waals surface area contributed by atoms with Crippen molar-refractivity contribution < 1.29 is 13.9 Å². The maximum atomic E-state index is 12.7. The molecule has 0 spiro atoms. The molecule has 112 valence electrons. The zero-order valence-corrected chi connectivity index (χ0v) is 12.0. The molecular weight excluding hydrogens is 286 g/mol. The lowest BCUT2D eigenvalue weighted by Gasteiger charge is -2.22. The maximum Gasteiger partial charge on any atom is 0.255 e. The van der Waals surface area contributed by atoms with E-state index in [1.807, 2.05) is 22.9 Å². The number of fused-ring (bicyclic) bond motifs is 1. The highest BCUT2D eigenvalue weighted by Gasteiger charge is 2.21. The fourth-order valence-electron chi connectivity index (χ4n) is 2.05. The van der Waals surface area contributed by atoms with Gasteiger partial charge in [-0.3, -0.25) is 4.40 Å². The number of hydrogen-bond donors (Lipinski definition) is 2. The van der Waals surface area contributed by atoms with Crippen LogP contribution in [0.1, 0.15) is 12.6 Å². The molecular formula is C12H18F2N4OS. The first-order valence-corrected chi connectivity index (χ1v) is 7.34. The lowest BCUT2D eigenvalue weighted by atomic mass is 10.3. The fraction of sp³-hybridized carbons (Fsp3) is 0.583. The van der Waals surface area contributed by atoms with Crippen molar-refractivity contribution in [2.75, 3.05) is 31.1 Å². The van der Waals surface area contributed by atoms with Crippen molar-refractivity contribution in [3.8, 4) is 0 Å². The van der Waals surface area contributed by atoms with Crippen LogP contribution in [0.25, 0.3) is 4.96 Å². The van der Waals surface area contributed by atoms with Crippen LogP contribution in [0.2, 0.25) is 0 Å². The normalized spacial score (nSPS) is 11.7. The molecule has 5 nitrogen and oxygen atoms in total. The molecule has 2 heterocycles. The number of nitrogens with one attached hydrogen (secondary N) is 1. The molecule has 0 radical (unpaired) electrons. The van der Waals surface area contributed by atoms with Gasteiger partial charge in [0.05, 0.1) is 18.8 Å². The molecule has 2 rings (SSSR count). The van der Waals surface area contributed by atoms with Gasteiger partial charge in [0.1, 0.15) is 0 Å². The average molecular weight is 304 g/mol. The summed E-state index contributed by atoms with van der Waals surface area (Å²) in [6.45, 7) is 2.86. The molecule has 0 saturated carbocycles. The molecule has 0 bridgehead atoms. The van der Waals surface area contributed by atoms with Gasteiger partial charge in [-0.15, -0.1) is 11.3 Å². The van der Waals surface area contributed by atoms with Crippen LogP contribution in [0, 0.1) is 0 Å². The molecule has 0 aliphatic rings. The number of aromatic nitrogens is 2. The number of halogens is 2. The molecule has 8 heteroatoms. The van der Waals surface area contributed by atoms with Crippen molar-refractivity contribution in [2.24, 2.45) is 0 Å². The van der Waals surface area contributed by atoms with Crippen molar-refractivity contribution in [1.29, 1.82) is 0 Å². The number of imidazole rings is 1. The molecule has 0 fully saturated rings. The van der Waals surface area contributed by atoms with E-state index in [1.54, 1.807) is 0 Å². The Bertz CT molecular complexity index is 543. The highest BCUT2D eigenvalue weighted by molar-refractivity contribution is 7.15. The van der Waals surface area contributed by atoms with Gasteiger partial charge >= 0.3 is 0 Å². The number of alkyl halides is 2. The van der Waals surface area contributed by atoms with Gasteiger partial charge in [0.15, 0.2) is 10.8 Å². The summed E-state index contributed by atoms with van der Waals surface area (Å²) in [5.41, 5.74) is 0.845. The van der Waals surface area contributed by atoms with Gasteiger partial charge in [0.2, 0.25) is 0 Å². The molecule has 0 aliphatic heterocycles. The lowest BCUT2D eigenvalue weighted by molar-refractivity contribution is 0.152. The Balaban J connectivity index is 2.35. The number of rotatable bonds is 8. The summed E-state index contributed by atoms with van der Waals surface area (Å²) >= 11 is 1.46. The molecule has 0 atom stereocenters. The van der Waals surface area contributed by atoms with E-state index in [-0.39, 0.29) is 13.2 Å². The van der Waals surface area contributed by atoms with Crippen LogP contribution in [0.4, 0.5) is 14.6 Å². The third kappa shape index (κ3) is 3.25. The van der Waals surface area contributed by atoms with Crippen LogP contribution in [0.15, 0.2) is 11.6 Å². The third-order valence-electron chi connectivity index (χ3n) is 2.91. The summed E-state index contributed by atoms with van der Waals surface area (Å²) in [4.78, 5) is 6.63. The molecule has 2 aromatic heterocycles. The van der Waals surface area contributed by atoms with E-state index in [4.69, 9.17) is 5.11 Å². The minimum atomic E-state index is -2.46. The minimum Gasteiger partial charge on any atom is -0.395 e. The lowest BCUT2D eigenvalue weighted by Crippen LogP contribution is -2.33. The quantitative estimate of drug-likeness (QED) is 0.777. The van der Waals surface area contributed by atoms with Crippen LogP contribution in [0.5, 0.6) is 0 Å². The number of thiazole rings is 1. The number of nitrogens with zero attached hydrogens (tertiary/aromatic N) is 3. The van der Waals surface area contributed by atoms with Crippen molar-refractivity contribution in [3.05, 3.63) is 17.3 Å². The fourth-order valence-corrected chi connectivity index (χ4v) is 2.78. The highest BCUT2D eigenvalue weighted by Crippen LogP contribution is 2.25. The monoisotopic (exact) mass is 304 g/mol. The topological polar surface area (TPSA) is 52.8 Å². The van der Waals surface area contributed by atoms with Crippen LogP contribution < -0.4 is 10.2 Å². The summed E-state index contributed by atoms with van der Waals surface area (Å²) in [5.74, 6) is 0.521. The minimum absolute atomic E-state index is 0.147. The van der Waals surface area contributed by atoms with Crippen LogP contribution in [-0.4, -0.2) is 47.2 Å². The zero-order chi connectivity index (χ0) is 14.5. The molecule has 0 amide bonds. The first-order chi connectivity index (χ1) is 9.67. The largest absolute Gasteiger partial charge is 0.395 e. The molecule has 0 unspecified atom stereocenters. The summed E-state index contributed by atoms with van der Waals surface area (Å²) in [6, 6.07) is 0. The second-order valence-electron chi connectivity index (χ2n) is 4.28. The van der Waals surface area contributed by atoms with Crippen molar-refractivity contribution in [2.45, 2.75) is 19.9 Å². The van der Waals surface area contributed by atoms with Gasteiger partial charge in [0, 0.05) is 24.7 Å². The van der Waals surface area contributed by atoms with Crippen molar-refractivity contribution in [3.63, 3.8) is 0 Å². The standard InChI is InChI=1S/C12H18F2N4OS/c1-2-15-7-9-11(16-12-18(9)4-6-20-12)17(3-5-19)8-10(13)14/h4,6,10,15,19H,2-3,5,7-8H2,1H3. The SMILES string of the molecule is CCNCc1c(N(CCO)CC(F)F)nc2sccn12. The van der Waals surface area contributed by atoms with E-state index < -0.39 is 13.0 Å². The second kappa shape index (κ2) is 6.96.